The van der Waals surface area contributed by atoms with Crippen molar-refractivity contribution >= 4 is 21.6 Å². The predicted molar refractivity (Wildman–Crippen MR) is 81.2 cm³/mol. The largest absolute Gasteiger partial charge is 0.495 e. The average molecular weight is 334 g/mol. The molecule has 2 unspecified atom stereocenters. The first kappa shape index (κ1) is 16.5. The highest BCUT2D eigenvalue weighted by atomic mass is 35.5. The topological polar surface area (TPSA) is 75.6 Å². The summed E-state index contributed by atoms with van der Waals surface area (Å²) < 4.78 is 32.4. The Morgan fingerprint density at radius 3 is 2.67 bits per heavy atom. The molecule has 1 fully saturated rings. The van der Waals surface area contributed by atoms with Gasteiger partial charge in [-0.15, -0.1) is 0 Å². The van der Waals surface area contributed by atoms with Crippen molar-refractivity contribution in [1.29, 1.82) is 0 Å². The van der Waals surface area contributed by atoms with Crippen molar-refractivity contribution in [2.24, 2.45) is 0 Å². The van der Waals surface area contributed by atoms with Gasteiger partial charge in [-0.05, 0) is 31.0 Å². The number of halogens is 1. The number of aliphatic hydroxyl groups is 1. The lowest BCUT2D eigenvalue weighted by Gasteiger charge is -2.21. The summed E-state index contributed by atoms with van der Waals surface area (Å²) in [5.41, 5.74) is 0. The van der Waals surface area contributed by atoms with Crippen LogP contribution in [0.5, 0.6) is 5.75 Å². The molecule has 2 rings (SSSR count). The van der Waals surface area contributed by atoms with E-state index >= 15 is 0 Å². The minimum atomic E-state index is -3.71. The molecule has 7 heteroatoms. The Bertz CT molecular complexity index is 591. The number of benzene rings is 1. The molecule has 1 aliphatic carbocycles. The standard InChI is InChI=1S/C14H20ClNO4S/c1-20-14-8-7-10(9-11(14)15)21(18,19)16-12-5-3-2-4-6-13(12)17/h7-9,12-13,16-17H,2-6H2,1H3. The lowest BCUT2D eigenvalue weighted by atomic mass is 10.1. The summed E-state index contributed by atoms with van der Waals surface area (Å²) in [4.78, 5) is 0.0738. The van der Waals surface area contributed by atoms with Gasteiger partial charge in [-0.1, -0.05) is 30.9 Å². The second kappa shape index (κ2) is 6.96. The van der Waals surface area contributed by atoms with E-state index in [9.17, 15) is 13.5 Å². The highest BCUT2D eigenvalue weighted by molar-refractivity contribution is 7.89. The van der Waals surface area contributed by atoms with Crippen LogP contribution in [0.2, 0.25) is 5.02 Å². The molecular weight excluding hydrogens is 314 g/mol. The number of nitrogens with one attached hydrogen (secondary N) is 1. The van der Waals surface area contributed by atoms with Crippen LogP contribution >= 0.6 is 11.6 Å². The van der Waals surface area contributed by atoms with Crippen molar-refractivity contribution in [3.63, 3.8) is 0 Å². The summed E-state index contributed by atoms with van der Waals surface area (Å²) in [5, 5.41) is 10.3. The van der Waals surface area contributed by atoms with Crippen LogP contribution in [0, 0.1) is 0 Å². The maximum Gasteiger partial charge on any atom is 0.240 e. The molecule has 0 radical (unpaired) electrons. The molecule has 0 spiro atoms. The van der Waals surface area contributed by atoms with Crippen LogP contribution in [0.4, 0.5) is 0 Å². The Morgan fingerprint density at radius 1 is 1.29 bits per heavy atom. The fourth-order valence-electron chi connectivity index (χ4n) is 2.51. The van der Waals surface area contributed by atoms with Crippen molar-refractivity contribution < 1.29 is 18.3 Å². The van der Waals surface area contributed by atoms with Crippen molar-refractivity contribution in [3.05, 3.63) is 23.2 Å². The van der Waals surface area contributed by atoms with E-state index in [-0.39, 0.29) is 9.92 Å². The Morgan fingerprint density at radius 2 is 2.00 bits per heavy atom. The molecule has 2 atom stereocenters. The van der Waals surface area contributed by atoms with Gasteiger partial charge in [-0.2, -0.15) is 0 Å². The number of hydrogen-bond donors (Lipinski definition) is 2. The Hall–Kier alpha value is -0.820. The van der Waals surface area contributed by atoms with Crippen molar-refractivity contribution in [1.82, 2.24) is 4.72 Å². The molecule has 0 bridgehead atoms. The summed E-state index contributed by atoms with van der Waals surface area (Å²) >= 11 is 5.97. The van der Waals surface area contributed by atoms with Crippen LogP contribution in [0.1, 0.15) is 32.1 Å². The molecule has 21 heavy (non-hydrogen) atoms. The first-order valence-electron chi connectivity index (χ1n) is 6.98. The molecular formula is C14H20ClNO4S. The van der Waals surface area contributed by atoms with E-state index in [1.165, 1.54) is 25.3 Å². The van der Waals surface area contributed by atoms with E-state index in [1.807, 2.05) is 0 Å². The molecule has 0 heterocycles. The maximum atomic E-state index is 12.4. The van der Waals surface area contributed by atoms with Gasteiger partial charge in [-0.25, -0.2) is 13.1 Å². The monoisotopic (exact) mass is 333 g/mol. The summed E-state index contributed by atoms with van der Waals surface area (Å²) in [7, 11) is -2.24. The fraction of sp³-hybridized carbons (Fsp3) is 0.571. The van der Waals surface area contributed by atoms with Crippen LogP contribution in [-0.2, 0) is 10.0 Å². The molecule has 118 valence electrons. The van der Waals surface area contributed by atoms with Crippen LogP contribution < -0.4 is 9.46 Å². The summed E-state index contributed by atoms with van der Waals surface area (Å²) in [5.74, 6) is 0.421. The molecule has 0 saturated heterocycles. The number of methoxy groups -OCH3 is 1. The molecule has 0 aromatic heterocycles. The van der Waals surface area contributed by atoms with Gasteiger partial charge in [0.15, 0.2) is 0 Å². The van der Waals surface area contributed by atoms with Crippen molar-refractivity contribution in [3.8, 4) is 5.75 Å². The molecule has 5 nitrogen and oxygen atoms in total. The van der Waals surface area contributed by atoms with Gasteiger partial charge in [0.1, 0.15) is 5.75 Å². The maximum absolute atomic E-state index is 12.4. The van der Waals surface area contributed by atoms with E-state index in [0.29, 0.717) is 18.6 Å². The molecule has 1 aliphatic rings. The molecule has 1 saturated carbocycles. The van der Waals surface area contributed by atoms with Crippen molar-refractivity contribution in [2.45, 2.75) is 49.1 Å². The highest BCUT2D eigenvalue weighted by Gasteiger charge is 2.27. The van der Waals surface area contributed by atoms with E-state index in [2.05, 4.69) is 4.72 Å². The van der Waals surface area contributed by atoms with Gasteiger partial charge in [0, 0.05) is 6.04 Å². The molecule has 2 N–H and O–H groups in total. The van der Waals surface area contributed by atoms with Gasteiger partial charge >= 0.3 is 0 Å². The Kier molecular flexibility index (Phi) is 5.48. The number of hydrogen-bond acceptors (Lipinski definition) is 4. The Balaban J connectivity index is 2.19. The number of aliphatic hydroxyl groups excluding tert-OH is 1. The zero-order valence-electron chi connectivity index (χ0n) is 11.9. The predicted octanol–water partition coefficient (Wildman–Crippen LogP) is 2.32. The van der Waals surface area contributed by atoms with Gasteiger partial charge in [0.2, 0.25) is 10.0 Å². The lowest BCUT2D eigenvalue weighted by Crippen LogP contribution is -2.42. The smallest absolute Gasteiger partial charge is 0.240 e. The summed E-state index contributed by atoms with van der Waals surface area (Å²) in [6, 6.07) is 3.86. The second-order valence-corrected chi connectivity index (χ2v) is 7.35. The minimum absolute atomic E-state index is 0.0738. The number of ether oxygens (including phenoxy) is 1. The van der Waals surface area contributed by atoms with Crippen LogP contribution in [0.3, 0.4) is 0 Å². The zero-order valence-corrected chi connectivity index (χ0v) is 13.5. The first-order valence-corrected chi connectivity index (χ1v) is 8.84. The van der Waals surface area contributed by atoms with E-state index < -0.39 is 22.2 Å². The molecule has 0 amide bonds. The van der Waals surface area contributed by atoms with E-state index in [4.69, 9.17) is 16.3 Å². The first-order chi connectivity index (χ1) is 9.94. The normalized spacial score (nSPS) is 23.6. The second-order valence-electron chi connectivity index (χ2n) is 5.23. The van der Waals surface area contributed by atoms with E-state index in [1.54, 1.807) is 0 Å². The number of sulfonamides is 1. The van der Waals surface area contributed by atoms with Crippen LogP contribution in [-0.4, -0.2) is 32.8 Å². The lowest BCUT2D eigenvalue weighted by molar-refractivity contribution is 0.130. The summed E-state index contributed by atoms with van der Waals surface area (Å²) in [6.07, 6.45) is 3.47. The molecule has 0 aliphatic heterocycles. The van der Waals surface area contributed by atoms with Crippen LogP contribution in [0.15, 0.2) is 23.1 Å². The van der Waals surface area contributed by atoms with Gasteiger partial charge in [-0.3, -0.25) is 0 Å². The molecule has 1 aromatic rings. The third-order valence-electron chi connectivity index (χ3n) is 3.72. The van der Waals surface area contributed by atoms with E-state index in [0.717, 1.165) is 19.3 Å². The fourth-order valence-corrected chi connectivity index (χ4v) is 4.16. The highest BCUT2D eigenvalue weighted by Crippen LogP contribution is 2.27. The quantitative estimate of drug-likeness (QED) is 0.829. The van der Waals surface area contributed by atoms with Gasteiger partial charge in [0.25, 0.3) is 0 Å². The summed E-state index contributed by atoms with van der Waals surface area (Å²) in [6.45, 7) is 0. The van der Waals surface area contributed by atoms with Gasteiger partial charge < -0.3 is 9.84 Å². The van der Waals surface area contributed by atoms with Crippen LogP contribution in [0.25, 0.3) is 0 Å². The third kappa shape index (κ3) is 4.10. The van der Waals surface area contributed by atoms with Crippen molar-refractivity contribution in [2.75, 3.05) is 7.11 Å². The Labute approximate surface area is 130 Å². The zero-order chi connectivity index (χ0) is 15.5. The third-order valence-corrected chi connectivity index (χ3v) is 5.50. The molecule has 1 aromatic carbocycles. The van der Waals surface area contributed by atoms with Gasteiger partial charge in [0.05, 0.1) is 23.1 Å². The minimum Gasteiger partial charge on any atom is -0.495 e. The average Bonchev–Trinajstić information content (AvgIpc) is 2.64. The SMILES string of the molecule is COc1ccc(S(=O)(=O)NC2CCCCCC2O)cc1Cl. The number of rotatable bonds is 4.